The molecular weight excluding hydrogens is 436 g/mol. The molecule has 2 amide bonds. The summed E-state index contributed by atoms with van der Waals surface area (Å²) in [5, 5.41) is 14.5. The van der Waals surface area contributed by atoms with Crippen LogP contribution in [0.3, 0.4) is 0 Å². The van der Waals surface area contributed by atoms with Crippen LogP contribution in [0.1, 0.15) is 42.7 Å². The zero-order valence-electron chi connectivity index (χ0n) is 19.0. The summed E-state index contributed by atoms with van der Waals surface area (Å²) in [7, 11) is 0. The maximum absolute atomic E-state index is 12.1. The number of carboxylic acids is 1. The van der Waals surface area contributed by atoms with Crippen molar-refractivity contribution in [2.24, 2.45) is 5.92 Å². The number of alkyl carbamates (subject to hydrolysis) is 1. The molecule has 0 saturated heterocycles. The Balaban J connectivity index is 1.12. The van der Waals surface area contributed by atoms with Crippen molar-refractivity contribution in [3.63, 3.8) is 0 Å². The average Bonchev–Trinajstić information content (AvgIpc) is 3.12. The van der Waals surface area contributed by atoms with E-state index in [-0.39, 0.29) is 50.5 Å². The van der Waals surface area contributed by atoms with Crippen LogP contribution in [0.15, 0.2) is 48.5 Å². The van der Waals surface area contributed by atoms with Crippen LogP contribution in [-0.2, 0) is 19.1 Å². The van der Waals surface area contributed by atoms with Crippen LogP contribution in [0.2, 0.25) is 0 Å². The Kier molecular flexibility index (Phi) is 7.80. The Hall–Kier alpha value is -3.39. The van der Waals surface area contributed by atoms with E-state index in [1.807, 2.05) is 24.3 Å². The molecule has 2 aliphatic rings. The molecule has 0 radical (unpaired) electrons. The van der Waals surface area contributed by atoms with E-state index in [1.165, 1.54) is 11.1 Å². The lowest BCUT2D eigenvalue weighted by molar-refractivity contribution is -0.144. The lowest BCUT2D eigenvalue weighted by Crippen LogP contribution is -2.48. The highest BCUT2D eigenvalue weighted by molar-refractivity contribution is 5.84. The van der Waals surface area contributed by atoms with E-state index in [9.17, 15) is 19.5 Å². The number of amides is 2. The maximum atomic E-state index is 12.1. The summed E-state index contributed by atoms with van der Waals surface area (Å²) in [6.45, 7) is 0.864. The predicted molar refractivity (Wildman–Crippen MR) is 125 cm³/mol. The summed E-state index contributed by atoms with van der Waals surface area (Å²) in [5.41, 5.74) is 4.65. The normalized spacial score (nSPS) is 15.5. The fraction of sp³-hybridized carbons (Fsp3) is 0.423. The third-order valence-electron chi connectivity index (χ3n) is 6.54. The third-order valence-corrected chi connectivity index (χ3v) is 6.54. The van der Waals surface area contributed by atoms with Crippen molar-refractivity contribution in [3.8, 4) is 11.1 Å². The number of ether oxygens (including phenoxy) is 2. The number of carbonyl (C=O) groups excluding carboxylic acids is 2. The molecule has 180 valence electrons. The van der Waals surface area contributed by atoms with E-state index < -0.39 is 18.1 Å². The van der Waals surface area contributed by atoms with Crippen molar-refractivity contribution in [1.82, 2.24) is 10.6 Å². The first-order valence-electron chi connectivity index (χ1n) is 11.7. The van der Waals surface area contributed by atoms with Crippen LogP contribution in [0.4, 0.5) is 4.79 Å². The molecule has 0 spiro atoms. The molecule has 8 nitrogen and oxygen atoms in total. The number of aliphatic carboxylic acids is 1. The molecular formula is C26H30N2O6. The zero-order chi connectivity index (χ0) is 23.9. The molecule has 0 aromatic heterocycles. The first-order valence-corrected chi connectivity index (χ1v) is 11.7. The summed E-state index contributed by atoms with van der Waals surface area (Å²) in [6, 6.07) is 15.5. The van der Waals surface area contributed by atoms with Gasteiger partial charge in [0, 0.05) is 18.9 Å². The Morgan fingerprint density at radius 2 is 1.62 bits per heavy atom. The minimum absolute atomic E-state index is 0.00229. The molecule has 1 fully saturated rings. The van der Waals surface area contributed by atoms with Gasteiger partial charge in [0.2, 0.25) is 5.91 Å². The number of hydrogen-bond acceptors (Lipinski definition) is 5. The molecule has 2 aromatic rings. The molecule has 8 heteroatoms. The highest BCUT2D eigenvalue weighted by Crippen LogP contribution is 2.44. The smallest absolute Gasteiger partial charge is 0.407 e. The van der Waals surface area contributed by atoms with E-state index in [4.69, 9.17) is 9.47 Å². The Labute approximate surface area is 198 Å². The van der Waals surface area contributed by atoms with Gasteiger partial charge in [0.05, 0.1) is 13.2 Å². The molecule has 2 aliphatic carbocycles. The first kappa shape index (κ1) is 23.8. The second-order valence-corrected chi connectivity index (χ2v) is 8.69. The molecule has 1 atom stereocenters. The molecule has 2 aromatic carbocycles. The van der Waals surface area contributed by atoms with Gasteiger partial charge in [0.25, 0.3) is 0 Å². The number of hydrogen-bond donors (Lipinski definition) is 3. The summed E-state index contributed by atoms with van der Waals surface area (Å²) >= 11 is 0. The standard InChI is InChI=1S/C26H30N2O6/c29-23(28-24(25(30)31)17-6-5-7-17)12-14-33-15-13-27-26(32)34-16-22-20-10-3-1-8-18(20)19-9-2-4-11-21(19)22/h1-4,8-11,17,22,24H,5-7,12-16H2,(H,27,32)(H,28,29)(H,30,31). The summed E-state index contributed by atoms with van der Waals surface area (Å²) in [4.78, 5) is 35.4. The lowest BCUT2D eigenvalue weighted by Gasteiger charge is -2.31. The van der Waals surface area contributed by atoms with Crippen molar-refractivity contribution in [2.75, 3.05) is 26.4 Å². The monoisotopic (exact) mass is 466 g/mol. The van der Waals surface area contributed by atoms with Gasteiger partial charge in [-0.05, 0) is 41.0 Å². The van der Waals surface area contributed by atoms with Gasteiger partial charge in [-0.1, -0.05) is 55.0 Å². The van der Waals surface area contributed by atoms with Gasteiger partial charge in [0.15, 0.2) is 0 Å². The summed E-state index contributed by atoms with van der Waals surface area (Å²) in [6.07, 6.45) is 2.21. The van der Waals surface area contributed by atoms with Crippen molar-refractivity contribution in [2.45, 2.75) is 37.6 Å². The topological polar surface area (TPSA) is 114 Å². The average molecular weight is 467 g/mol. The molecule has 0 aliphatic heterocycles. The molecule has 1 saturated carbocycles. The molecule has 34 heavy (non-hydrogen) atoms. The van der Waals surface area contributed by atoms with Crippen molar-refractivity contribution >= 4 is 18.0 Å². The van der Waals surface area contributed by atoms with E-state index in [2.05, 4.69) is 34.9 Å². The lowest BCUT2D eigenvalue weighted by atomic mass is 9.79. The molecule has 3 N–H and O–H groups in total. The van der Waals surface area contributed by atoms with Gasteiger partial charge >= 0.3 is 12.1 Å². The fourth-order valence-electron chi connectivity index (χ4n) is 4.54. The molecule has 0 bridgehead atoms. The quantitative estimate of drug-likeness (QED) is 0.438. The van der Waals surface area contributed by atoms with Crippen molar-refractivity contribution < 1.29 is 29.0 Å². The minimum atomic E-state index is -0.994. The van der Waals surface area contributed by atoms with Crippen LogP contribution in [0.25, 0.3) is 11.1 Å². The van der Waals surface area contributed by atoms with Crippen LogP contribution in [0.5, 0.6) is 0 Å². The maximum Gasteiger partial charge on any atom is 0.407 e. The van der Waals surface area contributed by atoms with Gasteiger partial charge in [0.1, 0.15) is 12.6 Å². The highest BCUT2D eigenvalue weighted by atomic mass is 16.5. The largest absolute Gasteiger partial charge is 0.480 e. The Bertz CT molecular complexity index is 990. The number of carboxylic acid groups (broad SMARTS) is 1. The van der Waals surface area contributed by atoms with Gasteiger partial charge in [-0.2, -0.15) is 0 Å². The number of fused-ring (bicyclic) bond motifs is 3. The second kappa shape index (κ2) is 11.2. The number of carbonyl (C=O) groups is 3. The Morgan fingerprint density at radius 3 is 2.21 bits per heavy atom. The van der Waals surface area contributed by atoms with Crippen LogP contribution in [-0.4, -0.2) is 55.5 Å². The molecule has 4 rings (SSSR count). The highest BCUT2D eigenvalue weighted by Gasteiger charge is 2.33. The van der Waals surface area contributed by atoms with Gasteiger partial charge < -0.3 is 25.2 Å². The summed E-state index contributed by atoms with van der Waals surface area (Å²) in [5.74, 6) is -1.32. The number of benzene rings is 2. The van der Waals surface area contributed by atoms with E-state index >= 15 is 0 Å². The van der Waals surface area contributed by atoms with Gasteiger partial charge in [-0.3, -0.25) is 4.79 Å². The van der Waals surface area contributed by atoms with Crippen molar-refractivity contribution in [1.29, 1.82) is 0 Å². The van der Waals surface area contributed by atoms with Gasteiger partial charge in [-0.15, -0.1) is 0 Å². The number of nitrogens with one attached hydrogen (secondary N) is 2. The minimum Gasteiger partial charge on any atom is -0.480 e. The SMILES string of the molecule is O=C(CCOCCNC(=O)OCC1c2ccccc2-c2ccccc21)NC(C(=O)O)C1CCC1. The van der Waals surface area contributed by atoms with E-state index in [0.29, 0.717) is 0 Å². The Morgan fingerprint density at radius 1 is 0.971 bits per heavy atom. The van der Waals surface area contributed by atoms with Gasteiger partial charge in [-0.25, -0.2) is 9.59 Å². The van der Waals surface area contributed by atoms with Crippen LogP contribution in [0, 0.1) is 5.92 Å². The van der Waals surface area contributed by atoms with Crippen molar-refractivity contribution in [3.05, 3.63) is 59.7 Å². The molecule has 1 unspecified atom stereocenters. The number of rotatable bonds is 11. The third kappa shape index (κ3) is 5.56. The molecule has 0 heterocycles. The van der Waals surface area contributed by atoms with Crippen LogP contribution >= 0.6 is 0 Å². The first-order chi connectivity index (χ1) is 16.5. The van der Waals surface area contributed by atoms with Crippen LogP contribution < -0.4 is 10.6 Å². The zero-order valence-corrected chi connectivity index (χ0v) is 19.0. The summed E-state index contributed by atoms with van der Waals surface area (Å²) < 4.78 is 10.9. The van der Waals surface area contributed by atoms with E-state index in [1.54, 1.807) is 0 Å². The fourth-order valence-corrected chi connectivity index (χ4v) is 4.54. The predicted octanol–water partition coefficient (Wildman–Crippen LogP) is 3.30. The second-order valence-electron chi connectivity index (χ2n) is 8.69. The van der Waals surface area contributed by atoms with E-state index in [0.717, 1.165) is 30.4 Å².